The highest BCUT2D eigenvalue weighted by Crippen LogP contribution is 2.32. The van der Waals surface area contributed by atoms with Crippen molar-refractivity contribution in [2.24, 2.45) is 5.92 Å². The smallest absolute Gasteiger partial charge is 0.416 e. The van der Waals surface area contributed by atoms with Crippen LogP contribution in [0, 0.1) is 12.8 Å². The number of carbonyl (C=O) groups is 1. The standard InChI is InChI=1S/C22H28F3N3O2/c1-4-28(5-2)21(29)17-9-7-11-27(13-17)14-19-15(3)30-20(26-19)16-8-6-10-18(12-16)22(23,24)25/h6,8,10,12,17H,4-5,7,9,11,13-14H2,1-3H3/t17-/m1/s1. The number of oxazole rings is 1. The number of carbonyl (C=O) groups excluding carboxylic acids is 1. The Bertz CT molecular complexity index is 875. The van der Waals surface area contributed by atoms with E-state index in [1.807, 2.05) is 18.7 Å². The van der Waals surface area contributed by atoms with E-state index in [0.29, 0.717) is 43.2 Å². The molecule has 0 radical (unpaired) electrons. The summed E-state index contributed by atoms with van der Waals surface area (Å²) >= 11 is 0. The Hall–Kier alpha value is -2.35. The minimum atomic E-state index is -4.42. The summed E-state index contributed by atoms with van der Waals surface area (Å²) < 4.78 is 44.7. The van der Waals surface area contributed by atoms with Gasteiger partial charge in [0.15, 0.2) is 0 Å². The van der Waals surface area contributed by atoms with Gasteiger partial charge in [-0.1, -0.05) is 6.07 Å². The van der Waals surface area contributed by atoms with Gasteiger partial charge in [-0.15, -0.1) is 0 Å². The third kappa shape index (κ3) is 5.03. The van der Waals surface area contributed by atoms with Crippen LogP contribution >= 0.6 is 0 Å². The van der Waals surface area contributed by atoms with Crippen LogP contribution < -0.4 is 0 Å². The van der Waals surface area contributed by atoms with Crippen LogP contribution in [0.25, 0.3) is 11.5 Å². The molecule has 1 fully saturated rings. The van der Waals surface area contributed by atoms with E-state index in [-0.39, 0.29) is 17.7 Å². The number of piperidine rings is 1. The van der Waals surface area contributed by atoms with Gasteiger partial charge in [0.05, 0.1) is 17.2 Å². The van der Waals surface area contributed by atoms with E-state index < -0.39 is 11.7 Å². The first-order valence-electron chi connectivity index (χ1n) is 10.4. The Labute approximate surface area is 174 Å². The molecule has 3 rings (SSSR count). The first kappa shape index (κ1) is 22.3. The van der Waals surface area contributed by atoms with E-state index in [9.17, 15) is 18.0 Å². The van der Waals surface area contributed by atoms with Gasteiger partial charge in [0.25, 0.3) is 0 Å². The van der Waals surface area contributed by atoms with Gasteiger partial charge >= 0.3 is 6.18 Å². The van der Waals surface area contributed by atoms with Crippen molar-refractivity contribution in [3.05, 3.63) is 41.3 Å². The fourth-order valence-electron chi connectivity index (χ4n) is 3.93. The van der Waals surface area contributed by atoms with Crippen LogP contribution in [0.4, 0.5) is 13.2 Å². The predicted octanol–water partition coefficient (Wildman–Crippen LogP) is 4.75. The SMILES string of the molecule is CCN(CC)C(=O)[C@@H]1CCCN(Cc2nc(-c3cccc(C(F)(F)F)c3)oc2C)C1. The van der Waals surface area contributed by atoms with E-state index in [0.717, 1.165) is 31.5 Å². The number of hydrogen-bond donors (Lipinski definition) is 0. The van der Waals surface area contributed by atoms with E-state index in [1.165, 1.54) is 6.07 Å². The highest BCUT2D eigenvalue weighted by atomic mass is 19.4. The molecule has 0 saturated carbocycles. The Kier molecular flexibility index (Phi) is 6.85. The van der Waals surface area contributed by atoms with Gasteiger partial charge in [-0.25, -0.2) is 4.98 Å². The molecule has 1 aliphatic heterocycles. The molecule has 2 aromatic rings. The van der Waals surface area contributed by atoms with Crippen LogP contribution in [0.3, 0.4) is 0 Å². The summed E-state index contributed by atoms with van der Waals surface area (Å²) in [5.74, 6) is 0.918. The molecule has 1 saturated heterocycles. The van der Waals surface area contributed by atoms with Gasteiger partial charge < -0.3 is 9.32 Å². The van der Waals surface area contributed by atoms with Crippen LogP contribution in [-0.4, -0.2) is 46.9 Å². The molecule has 5 nitrogen and oxygen atoms in total. The zero-order valence-electron chi connectivity index (χ0n) is 17.6. The predicted molar refractivity (Wildman–Crippen MR) is 108 cm³/mol. The van der Waals surface area contributed by atoms with Gasteiger partial charge in [-0.05, 0) is 58.4 Å². The topological polar surface area (TPSA) is 49.6 Å². The van der Waals surface area contributed by atoms with Crippen LogP contribution in [0.15, 0.2) is 28.7 Å². The zero-order chi connectivity index (χ0) is 21.9. The van der Waals surface area contributed by atoms with Crippen molar-refractivity contribution in [2.45, 2.75) is 46.3 Å². The molecule has 1 amide bonds. The maximum absolute atomic E-state index is 13.0. The Morgan fingerprint density at radius 2 is 2.03 bits per heavy atom. The first-order valence-corrected chi connectivity index (χ1v) is 10.4. The molecule has 1 aliphatic rings. The molecule has 0 unspecified atom stereocenters. The molecule has 1 aromatic heterocycles. The summed E-state index contributed by atoms with van der Waals surface area (Å²) in [6.45, 7) is 9.15. The normalized spacial score (nSPS) is 17.9. The Balaban J connectivity index is 1.73. The molecule has 30 heavy (non-hydrogen) atoms. The van der Waals surface area contributed by atoms with Gasteiger partial charge in [0, 0.05) is 31.7 Å². The summed E-state index contributed by atoms with van der Waals surface area (Å²) in [7, 11) is 0. The maximum atomic E-state index is 13.0. The van der Waals surface area contributed by atoms with Crippen LogP contribution in [0.5, 0.6) is 0 Å². The number of likely N-dealkylation sites (tertiary alicyclic amines) is 1. The van der Waals surface area contributed by atoms with Gasteiger partial charge in [0.1, 0.15) is 5.76 Å². The quantitative estimate of drug-likeness (QED) is 0.673. The molecule has 164 valence electrons. The molecule has 0 bridgehead atoms. The molecule has 8 heteroatoms. The van der Waals surface area contributed by atoms with Crippen molar-refractivity contribution in [1.29, 1.82) is 0 Å². The highest BCUT2D eigenvalue weighted by Gasteiger charge is 2.31. The molecule has 1 atom stereocenters. The van der Waals surface area contributed by atoms with E-state index in [4.69, 9.17) is 4.42 Å². The number of rotatable bonds is 6. The zero-order valence-corrected chi connectivity index (χ0v) is 17.6. The summed E-state index contributed by atoms with van der Waals surface area (Å²) in [6.07, 6.45) is -2.62. The number of halogens is 3. The maximum Gasteiger partial charge on any atom is 0.416 e. The lowest BCUT2D eigenvalue weighted by Crippen LogP contribution is -2.44. The molecular formula is C22H28F3N3O2. The van der Waals surface area contributed by atoms with Crippen molar-refractivity contribution in [2.75, 3.05) is 26.2 Å². The fraction of sp³-hybridized carbons (Fsp3) is 0.545. The Morgan fingerprint density at radius 1 is 1.30 bits per heavy atom. The largest absolute Gasteiger partial charge is 0.441 e. The minimum Gasteiger partial charge on any atom is -0.441 e. The lowest BCUT2D eigenvalue weighted by atomic mass is 9.96. The van der Waals surface area contributed by atoms with Crippen LogP contribution in [0.2, 0.25) is 0 Å². The monoisotopic (exact) mass is 423 g/mol. The fourth-order valence-corrected chi connectivity index (χ4v) is 3.93. The molecule has 0 aliphatic carbocycles. The van der Waals surface area contributed by atoms with Crippen molar-refractivity contribution in [3.8, 4) is 11.5 Å². The summed E-state index contributed by atoms with van der Waals surface area (Å²) in [5.41, 5.74) is 0.261. The number of alkyl halides is 3. The Morgan fingerprint density at radius 3 is 2.70 bits per heavy atom. The highest BCUT2D eigenvalue weighted by molar-refractivity contribution is 5.79. The number of hydrogen-bond acceptors (Lipinski definition) is 4. The lowest BCUT2D eigenvalue weighted by molar-refractivity contribution is -0.138. The number of aromatic nitrogens is 1. The van der Waals surface area contributed by atoms with Crippen LogP contribution in [0.1, 0.15) is 43.7 Å². The van der Waals surface area contributed by atoms with E-state index in [1.54, 1.807) is 13.0 Å². The molecular weight excluding hydrogens is 395 g/mol. The first-order chi connectivity index (χ1) is 14.2. The summed E-state index contributed by atoms with van der Waals surface area (Å²) in [4.78, 5) is 21.2. The molecule has 0 spiro atoms. The second kappa shape index (κ2) is 9.20. The van der Waals surface area contributed by atoms with Crippen LogP contribution in [-0.2, 0) is 17.5 Å². The molecule has 1 aromatic carbocycles. The summed E-state index contributed by atoms with van der Waals surface area (Å²) in [5, 5.41) is 0. The minimum absolute atomic E-state index is 0.0335. The number of benzene rings is 1. The van der Waals surface area contributed by atoms with Gasteiger partial charge in [-0.2, -0.15) is 13.2 Å². The van der Waals surface area contributed by atoms with E-state index in [2.05, 4.69) is 9.88 Å². The second-order valence-electron chi connectivity index (χ2n) is 7.69. The number of nitrogens with zero attached hydrogens (tertiary/aromatic N) is 3. The lowest BCUT2D eigenvalue weighted by Gasteiger charge is -2.34. The third-order valence-electron chi connectivity index (χ3n) is 5.63. The second-order valence-corrected chi connectivity index (χ2v) is 7.69. The third-order valence-corrected chi connectivity index (χ3v) is 5.63. The van der Waals surface area contributed by atoms with Crippen molar-refractivity contribution in [3.63, 3.8) is 0 Å². The summed E-state index contributed by atoms with van der Waals surface area (Å²) in [6, 6.07) is 4.99. The van der Waals surface area contributed by atoms with Crippen molar-refractivity contribution < 1.29 is 22.4 Å². The van der Waals surface area contributed by atoms with Crippen molar-refractivity contribution >= 4 is 5.91 Å². The average Bonchev–Trinajstić information content (AvgIpc) is 3.09. The van der Waals surface area contributed by atoms with Gasteiger partial charge in [0.2, 0.25) is 11.8 Å². The average molecular weight is 423 g/mol. The molecule has 2 heterocycles. The number of aryl methyl sites for hydroxylation is 1. The number of amides is 1. The van der Waals surface area contributed by atoms with Crippen molar-refractivity contribution in [1.82, 2.24) is 14.8 Å². The molecule has 0 N–H and O–H groups in total. The van der Waals surface area contributed by atoms with Gasteiger partial charge in [-0.3, -0.25) is 9.69 Å². The van der Waals surface area contributed by atoms with E-state index >= 15 is 0 Å².